The Labute approximate surface area is 354 Å². The van der Waals surface area contributed by atoms with Crippen LogP contribution in [-0.4, -0.2) is 72.1 Å². The third-order valence-corrected chi connectivity index (χ3v) is 9.99. The van der Waals surface area contributed by atoms with E-state index in [9.17, 15) is 23.8 Å². The van der Waals surface area contributed by atoms with E-state index in [1.54, 1.807) is 0 Å². The lowest BCUT2D eigenvalue weighted by Gasteiger charge is -2.20. The van der Waals surface area contributed by atoms with E-state index in [0.29, 0.717) is 25.0 Å². The van der Waals surface area contributed by atoms with Crippen LogP contribution in [0, 0.1) is 0 Å². The van der Waals surface area contributed by atoms with Gasteiger partial charge in [0.25, 0.3) is 0 Å². The quantitative estimate of drug-likeness (QED) is 0.0176. The van der Waals surface area contributed by atoms with Crippen LogP contribution in [0.15, 0.2) is 85.1 Å². The minimum absolute atomic E-state index is 0.0854. The smallest absolute Gasteiger partial charge is 0.472 e. The molecule has 12 nitrogen and oxygen atoms in total. The predicted octanol–water partition coefficient (Wildman–Crippen LogP) is 10.5. The molecule has 4 N–H and O–H groups in total. The van der Waals surface area contributed by atoms with Crippen molar-refractivity contribution in [3.05, 3.63) is 85.1 Å². The van der Waals surface area contributed by atoms with Crippen LogP contribution in [0.4, 0.5) is 0 Å². The highest BCUT2D eigenvalue weighted by molar-refractivity contribution is 7.47. The zero-order chi connectivity index (χ0) is 43.2. The summed E-state index contributed by atoms with van der Waals surface area (Å²) < 4.78 is 38.3. The molecule has 334 valence electrons. The summed E-state index contributed by atoms with van der Waals surface area (Å²) in [5, 5.41) is 8.89. The second-order valence-electron chi connectivity index (χ2n) is 14.5. The Morgan fingerprint density at radius 3 is 1.73 bits per heavy atom. The molecule has 0 aromatic carbocycles. The van der Waals surface area contributed by atoms with Crippen molar-refractivity contribution < 1.29 is 52.2 Å². The van der Waals surface area contributed by atoms with Gasteiger partial charge in [0.15, 0.2) is 6.10 Å². The van der Waals surface area contributed by atoms with Crippen molar-refractivity contribution >= 4 is 25.7 Å². The van der Waals surface area contributed by atoms with Gasteiger partial charge in [-0.2, -0.15) is 0 Å². The minimum Gasteiger partial charge on any atom is -0.480 e. The first-order chi connectivity index (χ1) is 28.6. The van der Waals surface area contributed by atoms with Crippen LogP contribution in [0.2, 0.25) is 0 Å². The number of hydrogen-bond acceptors (Lipinski definition) is 10. The van der Waals surface area contributed by atoms with Gasteiger partial charge in [0.2, 0.25) is 0 Å². The molecule has 59 heavy (non-hydrogen) atoms. The molecule has 13 heteroatoms. The molecular formula is C46H74NO11P. The number of hydrogen-bond donors (Lipinski definition) is 3. The molecule has 1 heterocycles. The third kappa shape index (κ3) is 34.1. The molecule has 0 spiro atoms. The summed E-state index contributed by atoms with van der Waals surface area (Å²) in [5.74, 6) is -2.52. The Kier molecular flexibility index (Phi) is 33.2. The SMILES string of the molecule is CC/C=C\CC1OC1C/C=C\C/C=C\C/C=C\C/C=C\CCC(=O)OC[C@H](COP(=O)(O)OC[C@H](N)C(=O)O)OC(=O)CCCCCCC/C=C\C/C=C\CCCCC. The highest BCUT2D eigenvalue weighted by Crippen LogP contribution is 2.43. The van der Waals surface area contributed by atoms with Gasteiger partial charge in [0.05, 0.1) is 25.4 Å². The van der Waals surface area contributed by atoms with E-state index in [1.807, 2.05) is 12.2 Å². The number of epoxide rings is 1. The predicted molar refractivity (Wildman–Crippen MR) is 235 cm³/mol. The summed E-state index contributed by atoms with van der Waals surface area (Å²) in [6.07, 6.45) is 47.0. The molecule has 0 radical (unpaired) electrons. The standard InChI is InChI=1S/C46H74NO11P/c1-3-5-7-8-9-10-11-12-13-14-19-22-25-28-32-36-45(49)57-40(38-55-59(52,53)56-39-41(47)46(50)51)37-54-44(48)35-31-27-24-21-18-16-15-17-20-23-26-30-34-43-42(58-43)33-29-6-4-2/h6,9-10,12-13,16-18,20,24,26-27,29-30,40-43H,3-5,7-8,11,14-15,19,21-23,25,28,31-39,47H2,1-2H3,(H,50,51)(H,52,53)/b10-9-,13-12-,18-16-,20-17-,27-24-,29-6-,30-26-/t40-,41+,42?,43?/m1/s1. The Bertz CT molecular complexity index is 1390. The highest BCUT2D eigenvalue weighted by Gasteiger charge is 2.36. The Hall–Kier alpha value is -3.38. The molecular weight excluding hydrogens is 773 g/mol. The number of allylic oxidation sites excluding steroid dienone is 12. The highest BCUT2D eigenvalue weighted by atomic mass is 31.2. The largest absolute Gasteiger partial charge is 0.480 e. The fourth-order valence-corrected chi connectivity index (χ4v) is 6.29. The lowest BCUT2D eigenvalue weighted by Crippen LogP contribution is -2.34. The lowest BCUT2D eigenvalue weighted by molar-refractivity contribution is -0.161. The van der Waals surface area contributed by atoms with E-state index in [2.05, 4.69) is 91.3 Å². The number of phosphoric acid groups is 1. The number of rotatable bonds is 38. The normalized spacial score (nSPS) is 18.0. The lowest BCUT2D eigenvalue weighted by atomic mass is 10.1. The van der Waals surface area contributed by atoms with E-state index in [-0.39, 0.29) is 12.8 Å². The van der Waals surface area contributed by atoms with Crippen LogP contribution in [0.1, 0.15) is 142 Å². The van der Waals surface area contributed by atoms with Crippen molar-refractivity contribution in [2.75, 3.05) is 19.8 Å². The molecule has 1 saturated heterocycles. The monoisotopic (exact) mass is 847 g/mol. The zero-order valence-electron chi connectivity index (χ0n) is 35.7. The summed E-state index contributed by atoms with van der Waals surface area (Å²) in [5.41, 5.74) is 5.33. The van der Waals surface area contributed by atoms with Crippen LogP contribution >= 0.6 is 7.82 Å². The first-order valence-electron chi connectivity index (χ1n) is 21.7. The summed E-state index contributed by atoms with van der Waals surface area (Å²) >= 11 is 0. The molecule has 1 aliphatic rings. The number of aliphatic carboxylic acids is 1. The Morgan fingerprint density at radius 1 is 0.627 bits per heavy atom. The average Bonchev–Trinajstić information content (AvgIpc) is 3.97. The van der Waals surface area contributed by atoms with Gasteiger partial charge in [-0.1, -0.05) is 131 Å². The number of carbonyl (C=O) groups excluding carboxylic acids is 2. The van der Waals surface area contributed by atoms with Crippen molar-refractivity contribution in [3.63, 3.8) is 0 Å². The summed E-state index contributed by atoms with van der Waals surface area (Å²) in [6, 6.07) is -1.54. The maximum Gasteiger partial charge on any atom is 0.472 e. The fraction of sp³-hybridized carbons (Fsp3) is 0.630. The van der Waals surface area contributed by atoms with Crippen molar-refractivity contribution in [2.45, 2.75) is 167 Å². The number of nitrogens with two attached hydrogens (primary N) is 1. The Balaban J connectivity index is 2.34. The van der Waals surface area contributed by atoms with Crippen molar-refractivity contribution in [3.8, 4) is 0 Å². The second kappa shape index (κ2) is 36.5. The van der Waals surface area contributed by atoms with Gasteiger partial charge < -0.3 is 29.9 Å². The first-order valence-corrected chi connectivity index (χ1v) is 23.2. The van der Waals surface area contributed by atoms with Gasteiger partial charge in [-0.05, 0) is 83.5 Å². The molecule has 0 aromatic heterocycles. The minimum atomic E-state index is -4.74. The molecule has 0 aliphatic carbocycles. The molecule has 0 saturated carbocycles. The molecule has 0 aromatic rings. The summed E-state index contributed by atoms with van der Waals surface area (Å²) in [4.78, 5) is 45.9. The van der Waals surface area contributed by atoms with E-state index < -0.39 is 57.7 Å². The molecule has 1 fully saturated rings. The van der Waals surface area contributed by atoms with Crippen LogP contribution in [0.3, 0.4) is 0 Å². The van der Waals surface area contributed by atoms with Gasteiger partial charge >= 0.3 is 25.7 Å². The number of ether oxygens (including phenoxy) is 3. The van der Waals surface area contributed by atoms with Gasteiger partial charge in [0.1, 0.15) is 12.6 Å². The van der Waals surface area contributed by atoms with Gasteiger partial charge in [-0.15, -0.1) is 0 Å². The summed E-state index contributed by atoms with van der Waals surface area (Å²) in [7, 11) is -4.74. The van der Waals surface area contributed by atoms with Gasteiger partial charge in [0, 0.05) is 12.8 Å². The maximum absolute atomic E-state index is 12.6. The fourth-order valence-electron chi connectivity index (χ4n) is 5.51. The molecule has 0 amide bonds. The maximum atomic E-state index is 12.6. The van der Waals surface area contributed by atoms with E-state index in [0.717, 1.165) is 83.5 Å². The van der Waals surface area contributed by atoms with Crippen molar-refractivity contribution in [2.24, 2.45) is 5.73 Å². The number of carboxylic acids is 1. The van der Waals surface area contributed by atoms with Crippen molar-refractivity contribution in [1.29, 1.82) is 0 Å². The molecule has 1 aliphatic heterocycles. The van der Waals surface area contributed by atoms with Crippen LogP contribution in [0.5, 0.6) is 0 Å². The van der Waals surface area contributed by atoms with E-state index >= 15 is 0 Å². The number of carbonyl (C=O) groups is 3. The number of carboxylic acid groups (broad SMARTS) is 1. The summed E-state index contributed by atoms with van der Waals surface area (Å²) in [6.45, 7) is 2.54. The van der Waals surface area contributed by atoms with Crippen LogP contribution in [0.25, 0.3) is 0 Å². The zero-order valence-corrected chi connectivity index (χ0v) is 36.6. The van der Waals surface area contributed by atoms with Crippen LogP contribution in [-0.2, 0) is 42.2 Å². The van der Waals surface area contributed by atoms with Crippen molar-refractivity contribution in [1.82, 2.24) is 0 Å². The third-order valence-electron chi connectivity index (χ3n) is 9.04. The molecule has 3 unspecified atom stereocenters. The number of phosphoric ester groups is 1. The van der Waals surface area contributed by atoms with Gasteiger partial charge in [-0.25, -0.2) is 4.57 Å². The number of unbranched alkanes of at least 4 members (excludes halogenated alkanes) is 8. The average molecular weight is 848 g/mol. The van der Waals surface area contributed by atoms with E-state index in [4.69, 9.17) is 29.6 Å². The Morgan fingerprint density at radius 2 is 1.14 bits per heavy atom. The van der Waals surface area contributed by atoms with E-state index in [1.165, 1.54) is 19.3 Å². The number of esters is 2. The topological polar surface area (TPSA) is 184 Å². The van der Waals surface area contributed by atoms with Gasteiger partial charge in [-0.3, -0.25) is 23.4 Å². The first kappa shape index (κ1) is 53.6. The second-order valence-corrected chi connectivity index (χ2v) is 15.9. The van der Waals surface area contributed by atoms with Crippen LogP contribution < -0.4 is 5.73 Å². The molecule has 1 rings (SSSR count). The molecule has 5 atom stereocenters. The molecule has 0 bridgehead atoms.